The molecule has 0 aromatic heterocycles. The minimum Gasteiger partial charge on any atom is -0.480 e. The van der Waals surface area contributed by atoms with E-state index in [4.69, 9.17) is 17.2 Å². The van der Waals surface area contributed by atoms with Gasteiger partial charge in [-0.15, -0.1) is 0 Å². The van der Waals surface area contributed by atoms with Crippen LogP contribution in [-0.2, 0) is 24.0 Å². The maximum atomic E-state index is 12.6. The fraction of sp³-hybridized carbons (Fsp3) is 0.737. The maximum absolute atomic E-state index is 12.6. The number of carboxylic acids is 1. The van der Waals surface area contributed by atoms with E-state index in [2.05, 4.69) is 16.0 Å². The SMILES string of the molecule is CCC(C)C(NC(=O)CNC(=O)C(N)CCCCN)C(=O)NC(CCC(N)=O)C(=O)O. The summed E-state index contributed by atoms with van der Waals surface area (Å²) in [6.07, 6.45) is 2.00. The van der Waals surface area contributed by atoms with Crippen molar-refractivity contribution in [3.8, 4) is 0 Å². The first kappa shape index (κ1) is 28.3. The van der Waals surface area contributed by atoms with Crippen LogP contribution in [0.2, 0.25) is 0 Å². The average molecular weight is 445 g/mol. The molecule has 0 bridgehead atoms. The van der Waals surface area contributed by atoms with Gasteiger partial charge in [0.15, 0.2) is 0 Å². The Morgan fingerprint density at radius 1 is 1.00 bits per heavy atom. The Morgan fingerprint density at radius 3 is 2.16 bits per heavy atom. The molecular weight excluding hydrogens is 408 g/mol. The normalized spacial score (nSPS) is 14.6. The number of aliphatic carboxylic acids is 1. The van der Waals surface area contributed by atoms with Gasteiger partial charge in [0, 0.05) is 6.42 Å². The van der Waals surface area contributed by atoms with Gasteiger partial charge in [0.25, 0.3) is 0 Å². The van der Waals surface area contributed by atoms with Crippen LogP contribution in [0.3, 0.4) is 0 Å². The van der Waals surface area contributed by atoms with Crippen molar-refractivity contribution in [1.29, 1.82) is 0 Å². The Hall–Kier alpha value is -2.73. The molecule has 0 aliphatic heterocycles. The van der Waals surface area contributed by atoms with Crippen LogP contribution in [0.5, 0.6) is 0 Å². The molecule has 0 aromatic carbocycles. The smallest absolute Gasteiger partial charge is 0.326 e. The number of nitrogens with one attached hydrogen (secondary N) is 3. The van der Waals surface area contributed by atoms with Gasteiger partial charge < -0.3 is 38.3 Å². The van der Waals surface area contributed by atoms with Crippen molar-refractivity contribution < 1.29 is 29.1 Å². The molecule has 0 aromatic rings. The summed E-state index contributed by atoms with van der Waals surface area (Å²) in [5.74, 6) is -4.14. The van der Waals surface area contributed by atoms with Gasteiger partial charge in [-0.3, -0.25) is 19.2 Å². The van der Waals surface area contributed by atoms with E-state index >= 15 is 0 Å². The fourth-order valence-corrected chi connectivity index (χ4v) is 2.67. The van der Waals surface area contributed by atoms with E-state index in [9.17, 15) is 29.1 Å². The van der Waals surface area contributed by atoms with Crippen molar-refractivity contribution in [3.63, 3.8) is 0 Å². The zero-order valence-electron chi connectivity index (χ0n) is 18.2. The van der Waals surface area contributed by atoms with Crippen molar-refractivity contribution in [2.24, 2.45) is 23.1 Å². The first-order chi connectivity index (χ1) is 14.5. The highest BCUT2D eigenvalue weighted by atomic mass is 16.4. The Labute approximate surface area is 182 Å². The van der Waals surface area contributed by atoms with Crippen molar-refractivity contribution in [2.45, 2.75) is 70.5 Å². The summed E-state index contributed by atoms with van der Waals surface area (Å²) < 4.78 is 0. The lowest BCUT2D eigenvalue weighted by Gasteiger charge is -2.25. The molecular formula is C19H36N6O6. The highest BCUT2D eigenvalue weighted by molar-refractivity contribution is 5.92. The van der Waals surface area contributed by atoms with Crippen LogP contribution < -0.4 is 33.2 Å². The molecule has 0 rings (SSSR count). The van der Waals surface area contributed by atoms with Crippen molar-refractivity contribution in [2.75, 3.05) is 13.1 Å². The Kier molecular flexibility index (Phi) is 13.8. The molecule has 12 heteroatoms. The number of primary amides is 1. The monoisotopic (exact) mass is 444 g/mol. The molecule has 0 heterocycles. The Morgan fingerprint density at radius 2 is 1.65 bits per heavy atom. The third kappa shape index (κ3) is 11.9. The van der Waals surface area contributed by atoms with Gasteiger partial charge in [0.05, 0.1) is 12.6 Å². The van der Waals surface area contributed by atoms with Gasteiger partial charge in [-0.05, 0) is 31.7 Å². The lowest BCUT2D eigenvalue weighted by molar-refractivity contribution is -0.143. The van der Waals surface area contributed by atoms with Crippen molar-refractivity contribution in [1.82, 2.24) is 16.0 Å². The summed E-state index contributed by atoms with van der Waals surface area (Å²) in [7, 11) is 0. The van der Waals surface area contributed by atoms with Crippen LogP contribution >= 0.6 is 0 Å². The van der Waals surface area contributed by atoms with Crippen molar-refractivity contribution in [3.05, 3.63) is 0 Å². The second kappa shape index (κ2) is 15.1. The predicted molar refractivity (Wildman–Crippen MR) is 113 cm³/mol. The molecule has 4 atom stereocenters. The third-order valence-electron chi connectivity index (χ3n) is 4.84. The van der Waals surface area contributed by atoms with E-state index in [-0.39, 0.29) is 25.3 Å². The number of carboxylic acid groups (broad SMARTS) is 1. The van der Waals surface area contributed by atoms with E-state index in [1.807, 2.05) is 0 Å². The van der Waals surface area contributed by atoms with E-state index in [1.165, 1.54) is 0 Å². The Balaban J connectivity index is 4.87. The van der Waals surface area contributed by atoms with Crippen molar-refractivity contribution >= 4 is 29.6 Å². The molecule has 0 radical (unpaired) electrons. The van der Waals surface area contributed by atoms with E-state index < -0.39 is 47.7 Å². The lowest BCUT2D eigenvalue weighted by Crippen LogP contribution is -2.56. The number of amides is 4. The summed E-state index contributed by atoms with van der Waals surface area (Å²) in [4.78, 5) is 59.1. The molecule has 0 spiro atoms. The zero-order valence-corrected chi connectivity index (χ0v) is 18.2. The quantitative estimate of drug-likeness (QED) is 0.131. The number of unbranched alkanes of at least 4 members (excludes halogenated alkanes) is 1. The van der Waals surface area contributed by atoms with Gasteiger partial charge in [0.2, 0.25) is 23.6 Å². The molecule has 31 heavy (non-hydrogen) atoms. The first-order valence-corrected chi connectivity index (χ1v) is 10.4. The summed E-state index contributed by atoms with van der Waals surface area (Å²) in [5, 5.41) is 16.5. The predicted octanol–water partition coefficient (Wildman–Crippen LogP) is -2.08. The van der Waals surface area contributed by atoms with Crippen LogP contribution in [0.4, 0.5) is 0 Å². The van der Waals surface area contributed by atoms with Gasteiger partial charge in [-0.1, -0.05) is 26.7 Å². The number of rotatable bonds is 16. The maximum Gasteiger partial charge on any atom is 0.326 e. The summed E-state index contributed by atoms with van der Waals surface area (Å²) in [6.45, 7) is 3.64. The van der Waals surface area contributed by atoms with E-state index in [1.54, 1.807) is 13.8 Å². The molecule has 0 saturated heterocycles. The highest BCUT2D eigenvalue weighted by Crippen LogP contribution is 2.09. The molecule has 0 aliphatic rings. The van der Waals surface area contributed by atoms with Crippen LogP contribution in [-0.4, -0.2) is 65.9 Å². The molecule has 4 amide bonds. The molecule has 0 aliphatic carbocycles. The number of carbonyl (C=O) groups is 5. The zero-order chi connectivity index (χ0) is 24.0. The van der Waals surface area contributed by atoms with Gasteiger partial charge >= 0.3 is 5.97 Å². The molecule has 12 nitrogen and oxygen atoms in total. The summed E-state index contributed by atoms with van der Waals surface area (Å²) >= 11 is 0. The third-order valence-corrected chi connectivity index (χ3v) is 4.84. The minimum absolute atomic E-state index is 0.171. The second-order valence-corrected chi connectivity index (χ2v) is 7.44. The number of carbonyl (C=O) groups excluding carboxylic acids is 4. The first-order valence-electron chi connectivity index (χ1n) is 10.4. The summed E-state index contributed by atoms with van der Waals surface area (Å²) in [5.41, 5.74) is 16.2. The Bertz CT molecular complexity index is 629. The number of hydrogen-bond acceptors (Lipinski definition) is 7. The average Bonchev–Trinajstić information content (AvgIpc) is 2.71. The molecule has 178 valence electrons. The highest BCUT2D eigenvalue weighted by Gasteiger charge is 2.30. The van der Waals surface area contributed by atoms with Gasteiger partial charge in [-0.2, -0.15) is 0 Å². The second-order valence-electron chi connectivity index (χ2n) is 7.44. The largest absolute Gasteiger partial charge is 0.480 e. The molecule has 0 saturated carbocycles. The topological polar surface area (TPSA) is 220 Å². The number of nitrogens with two attached hydrogens (primary N) is 3. The lowest BCUT2D eigenvalue weighted by atomic mass is 9.97. The number of hydrogen-bond donors (Lipinski definition) is 7. The van der Waals surface area contributed by atoms with Crippen LogP contribution in [0, 0.1) is 5.92 Å². The standard InChI is InChI=1S/C19H36N6O6/c1-3-11(2)16(18(29)24-13(19(30)31)7-8-14(22)26)25-15(27)10-23-17(28)12(21)6-4-5-9-20/h11-13,16H,3-10,20-21H2,1-2H3,(H2,22,26)(H,23,28)(H,24,29)(H,25,27)(H,30,31). The molecule has 4 unspecified atom stereocenters. The molecule has 10 N–H and O–H groups in total. The van der Waals surface area contributed by atoms with E-state index in [0.29, 0.717) is 25.8 Å². The van der Waals surface area contributed by atoms with Crippen LogP contribution in [0.25, 0.3) is 0 Å². The van der Waals surface area contributed by atoms with Crippen LogP contribution in [0.1, 0.15) is 52.4 Å². The minimum atomic E-state index is -1.32. The summed E-state index contributed by atoms with van der Waals surface area (Å²) in [6, 6.07) is -3.12. The molecule has 0 fully saturated rings. The van der Waals surface area contributed by atoms with E-state index in [0.717, 1.165) is 6.42 Å². The van der Waals surface area contributed by atoms with Crippen LogP contribution in [0.15, 0.2) is 0 Å². The van der Waals surface area contributed by atoms with Gasteiger partial charge in [0.1, 0.15) is 12.1 Å². The van der Waals surface area contributed by atoms with Gasteiger partial charge in [-0.25, -0.2) is 4.79 Å². The fourth-order valence-electron chi connectivity index (χ4n) is 2.67.